The Labute approximate surface area is 107 Å². The fourth-order valence-electron chi connectivity index (χ4n) is 1.55. The van der Waals surface area contributed by atoms with Gasteiger partial charge in [-0.05, 0) is 56.7 Å². The first-order chi connectivity index (χ1) is 7.25. The van der Waals surface area contributed by atoms with Crippen molar-refractivity contribution in [3.63, 3.8) is 0 Å². The molecule has 1 heterocycles. The maximum Gasteiger partial charge on any atom is 0.140 e. The van der Waals surface area contributed by atoms with E-state index in [2.05, 4.69) is 42.2 Å². The zero-order chi connectivity index (χ0) is 10.7. The van der Waals surface area contributed by atoms with Crippen LogP contribution in [0.4, 0.5) is 5.82 Å². The van der Waals surface area contributed by atoms with E-state index in [9.17, 15) is 0 Å². The van der Waals surface area contributed by atoms with E-state index in [0.29, 0.717) is 0 Å². The van der Waals surface area contributed by atoms with E-state index >= 15 is 0 Å². The molecule has 0 saturated heterocycles. The molecule has 15 heavy (non-hydrogen) atoms. The second kappa shape index (κ2) is 5.30. The Balaban J connectivity index is 1.76. The van der Waals surface area contributed by atoms with Crippen LogP contribution in [0, 0.1) is 5.92 Å². The van der Waals surface area contributed by atoms with Crippen LogP contribution in [0.5, 0.6) is 0 Å². The van der Waals surface area contributed by atoms with Crippen LogP contribution in [-0.4, -0.2) is 11.5 Å². The quantitative estimate of drug-likeness (QED) is 0.816. The number of hydrogen-bond acceptors (Lipinski definition) is 2. The minimum atomic E-state index is 0.939. The van der Waals surface area contributed by atoms with Gasteiger partial charge in [0.05, 0.1) is 4.47 Å². The number of rotatable bonds is 5. The first-order valence-electron chi connectivity index (χ1n) is 5.30. The molecule has 0 aliphatic heterocycles. The molecular weight excluding hydrogens is 320 g/mol. The van der Waals surface area contributed by atoms with Crippen molar-refractivity contribution in [3.05, 3.63) is 21.2 Å². The summed E-state index contributed by atoms with van der Waals surface area (Å²) in [6, 6.07) is 2.01. The van der Waals surface area contributed by atoms with Gasteiger partial charge in [0, 0.05) is 17.2 Å². The summed E-state index contributed by atoms with van der Waals surface area (Å²) in [5.41, 5.74) is 0. The smallest absolute Gasteiger partial charge is 0.140 e. The molecule has 0 unspecified atom stereocenters. The topological polar surface area (TPSA) is 24.9 Å². The summed E-state index contributed by atoms with van der Waals surface area (Å²) in [7, 11) is 0. The molecule has 0 amide bonds. The summed E-state index contributed by atoms with van der Waals surface area (Å²) in [6.45, 7) is 1.02. The first-order valence-corrected chi connectivity index (χ1v) is 6.89. The predicted molar refractivity (Wildman–Crippen MR) is 70.1 cm³/mol. The highest BCUT2D eigenvalue weighted by Gasteiger charge is 2.19. The summed E-state index contributed by atoms with van der Waals surface area (Å²) in [5, 5.41) is 3.34. The number of nitrogens with zero attached hydrogens (tertiary/aromatic N) is 1. The molecule has 1 aliphatic rings. The van der Waals surface area contributed by atoms with E-state index in [1.807, 2.05) is 12.3 Å². The average molecular weight is 334 g/mol. The van der Waals surface area contributed by atoms with Gasteiger partial charge in [-0.1, -0.05) is 12.8 Å². The van der Waals surface area contributed by atoms with Gasteiger partial charge in [-0.2, -0.15) is 0 Å². The molecule has 1 aromatic rings. The summed E-state index contributed by atoms with van der Waals surface area (Å²) in [5.74, 6) is 1.96. The lowest BCUT2D eigenvalue weighted by Gasteiger charge is -2.07. The third-order valence-electron chi connectivity index (χ3n) is 2.59. The number of aromatic nitrogens is 1. The summed E-state index contributed by atoms with van der Waals surface area (Å²) >= 11 is 6.87. The molecule has 4 heteroatoms. The fourth-order valence-corrected chi connectivity index (χ4v) is 2.68. The highest BCUT2D eigenvalue weighted by molar-refractivity contribution is 9.11. The third kappa shape index (κ3) is 3.76. The van der Waals surface area contributed by atoms with Crippen molar-refractivity contribution >= 4 is 37.7 Å². The molecule has 0 atom stereocenters. The van der Waals surface area contributed by atoms with Crippen molar-refractivity contribution in [1.29, 1.82) is 0 Å². The molecule has 82 valence electrons. The van der Waals surface area contributed by atoms with E-state index in [4.69, 9.17) is 0 Å². The molecule has 1 fully saturated rings. The molecule has 1 aromatic heterocycles. The van der Waals surface area contributed by atoms with E-state index in [1.165, 1.54) is 25.7 Å². The van der Waals surface area contributed by atoms with E-state index in [0.717, 1.165) is 27.2 Å². The van der Waals surface area contributed by atoms with Gasteiger partial charge >= 0.3 is 0 Å². The molecular formula is C11H14Br2N2. The second-order valence-corrected chi connectivity index (χ2v) is 5.77. The van der Waals surface area contributed by atoms with Crippen LogP contribution in [0.2, 0.25) is 0 Å². The summed E-state index contributed by atoms with van der Waals surface area (Å²) in [6.07, 6.45) is 7.31. The van der Waals surface area contributed by atoms with Gasteiger partial charge in [0.15, 0.2) is 0 Å². The van der Waals surface area contributed by atoms with Crippen LogP contribution in [0.3, 0.4) is 0 Å². The summed E-state index contributed by atoms with van der Waals surface area (Å²) < 4.78 is 2.02. The molecule has 0 bridgehead atoms. The number of pyridine rings is 1. The van der Waals surface area contributed by atoms with Crippen LogP contribution in [-0.2, 0) is 0 Å². The SMILES string of the molecule is Brc1cnc(NCCCC2CC2)c(Br)c1. The van der Waals surface area contributed by atoms with Crippen molar-refractivity contribution in [2.24, 2.45) is 5.92 Å². The number of halogens is 2. The zero-order valence-electron chi connectivity index (χ0n) is 8.47. The average Bonchev–Trinajstić information content (AvgIpc) is 2.99. The Morgan fingerprint density at radius 1 is 1.40 bits per heavy atom. The molecule has 1 N–H and O–H groups in total. The molecule has 1 saturated carbocycles. The van der Waals surface area contributed by atoms with Gasteiger partial charge in [-0.25, -0.2) is 4.98 Å². The van der Waals surface area contributed by atoms with Gasteiger partial charge in [-0.3, -0.25) is 0 Å². The first kappa shape index (κ1) is 11.4. The number of anilines is 1. The van der Waals surface area contributed by atoms with E-state index in [1.54, 1.807) is 0 Å². The van der Waals surface area contributed by atoms with Crippen molar-refractivity contribution in [2.75, 3.05) is 11.9 Å². The standard InChI is InChI=1S/C11H14Br2N2/c12-9-6-10(13)11(15-7-9)14-5-1-2-8-3-4-8/h6-8H,1-5H2,(H,14,15). The van der Waals surface area contributed by atoms with Crippen molar-refractivity contribution in [1.82, 2.24) is 4.98 Å². The van der Waals surface area contributed by atoms with Gasteiger partial charge < -0.3 is 5.32 Å². The van der Waals surface area contributed by atoms with Crippen molar-refractivity contribution in [3.8, 4) is 0 Å². The van der Waals surface area contributed by atoms with Gasteiger partial charge in [0.1, 0.15) is 5.82 Å². The molecule has 2 rings (SSSR count). The largest absolute Gasteiger partial charge is 0.369 e. The highest BCUT2D eigenvalue weighted by Crippen LogP contribution is 2.33. The Morgan fingerprint density at radius 2 is 2.20 bits per heavy atom. The maximum atomic E-state index is 4.31. The molecule has 0 spiro atoms. The monoisotopic (exact) mass is 332 g/mol. The lowest BCUT2D eigenvalue weighted by atomic mass is 10.2. The molecule has 2 nitrogen and oxygen atoms in total. The number of nitrogens with one attached hydrogen (secondary N) is 1. The zero-order valence-corrected chi connectivity index (χ0v) is 11.6. The number of hydrogen-bond donors (Lipinski definition) is 1. The van der Waals surface area contributed by atoms with E-state index < -0.39 is 0 Å². The lowest BCUT2D eigenvalue weighted by molar-refractivity contribution is 0.686. The van der Waals surface area contributed by atoms with Crippen molar-refractivity contribution in [2.45, 2.75) is 25.7 Å². The van der Waals surface area contributed by atoms with Crippen LogP contribution in [0.25, 0.3) is 0 Å². The Hall–Kier alpha value is -0.0900. The molecule has 1 aliphatic carbocycles. The van der Waals surface area contributed by atoms with Crippen LogP contribution >= 0.6 is 31.9 Å². The molecule has 0 radical (unpaired) electrons. The Kier molecular flexibility index (Phi) is 4.03. The maximum absolute atomic E-state index is 4.31. The Bertz CT molecular complexity index is 337. The van der Waals surface area contributed by atoms with Crippen LogP contribution in [0.1, 0.15) is 25.7 Å². The second-order valence-electron chi connectivity index (χ2n) is 4.00. The van der Waals surface area contributed by atoms with Gasteiger partial charge in [0.2, 0.25) is 0 Å². The molecule has 0 aromatic carbocycles. The lowest BCUT2D eigenvalue weighted by Crippen LogP contribution is -2.04. The predicted octanol–water partition coefficient (Wildman–Crippen LogP) is 4.21. The minimum absolute atomic E-state index is 0.939. The van der Waals surface area contributed by atoms with Crippen LogP contribution < -0.4 is 5.32 Å². The fraction of sp³-hybridized carbons (Fsp3) is 0.545. The normalized spacial score (nSPS) is 15.3. The third-order valence-corrected chi connectivity index (χ3v) is 3.62. The highest BCUT2D eigenvalue weighted by atomic mass is 79.9. The van der Waals surface area contributed by atoms with Crippen molar-refractivity contribution < 1.29 is 0 Å². The van der Waals surface area contributed by atoms with Gasteiger partial charge in [-0.15, -0.1) is 0 Å². The van der Waals surface area contributed by atoms with E-state index in [-0.39, 0.29) is 0 Å². The van der Waals surface area contributed by atoms with Gasteiger partial charge in [0.25, 0.3) is 0 Å². The van der Waals surface area contributed by atoms with Crippen LogP contribution in [0.15, 0.2) is 21.2 Å². The summed E-state index contributed by atoms with van der Waals surface area (Å²) in [4.78, 5) is 4.31. The minimum Gasteiger partial charge on any atom is -0.369 e. The Morgan fingerprint density at radius 3 is 2.87 bits per heavy atom.